The molecule has 856 valence electrons. The van der Waals surface area contributed by atoms with Crippen molar-refractivity contribution in [3.05, 3.63) is 23.3 Å². The van der Waals surface area contributed by atoms with Crippen LogP contribution in [0, 0.1) is 166 Å². The number of methoxy groups -OCH3 is 4. The Labute approximate surface area is 856 Å². The van der Waals surface area contributed by atoms with Gasteiger partial charge in [0.2, 0.25) is 0 Å². The van der Waals surface area contributed by atoms with E-state index in [1.165, 1.54) is 143 Å². The van der Waals surface area contributed by atoms with E-state index in [0.29, 0.717) is 100 Å². The third-order valence-electron chi connectivity index (χ3n) is 40.5. The van der Waals surface area contributed by atoms with Crippen LogP contribution in [0.4, 0.5) is 70.2 Å². The fourth-order valence-electron chi connectivity index (χ4n) is 30.7. The Bertz CT molecular complexity index is 3420. The van der Waals surface area contributed by atoms with Crippen LogP contribution in [0.25, 0.3) is 0 Å². The maximum atomic E-state index is 14.9. The van der Waals surface area contributed by atoms with Crippen LogP contribution in [-0.4, -0.2) is 195 Å². The first-order valence-electron chi connectivity index (χ1n) is 56.0. The molecule has 15 fully saturated rings. The number of hydrogen-bond acceptors (Lipinski definition) is 4. The Hall–Kier alpha value is -2.12. The first-order chi connectivity index (χ1) is 64.2. The summed E-state index contributed by atoms with van der Waals surface area (Å²) in [4.78, 5) is 0. The topological polar surface area (TPSA) is 289 Å². The van der Waals surface area contributed by atoms with Gasteiger partial charge in [0.25, 0.3) is 0 Å². The number of alkyl halides is 16. The SMILES string of the molecule is CC1CCC(C2CCC(C3CCC(C)C(F)C3F)C(F)C2F)CC1.CC1CCC(C2CCC(C3CCC(C)C(F)C3F)CC2)CC1.COC1CCC(C2=CCC(C)CC2)C(F)C1F.COC1CCC(C2=CCC(C3CCC(C)CC3)CC2)C(F)C1F.COC1CCC(C2CCC(C3CCC(C)CC3)C(F)C2F)C(F)C1F.COC1CCC(C2CCC(C3CCC(C)CC3)CC2)C(F)C1F.O.O.O.O.O.O.O.O.[HH].[HH].[HH].[HH].[HH].[HH].[HH]. The molecule has 0 aromatic heterocycles. The van der Waals surface area contributed by atoms with Crippen LogP contribution in [-0.2, 0) is 18.9 Å². The van der Waals surface area contributed by atoms with E-state index in [2.05, 4.69) is 53.7 Å². The highest BCUT2D eigenvalue weighted by atomic mass is 19.2. The second-order valence-electron chi connectivity index (χ2n) is 48.7. The van der Waals surface area contributed by atoms with Crippen LogP contribution >= 0.6 is 0 Å². The van der Waals surface area contributed by atoms with Gasteiger partial charge in [-0.2, -0.15) is 0 Å². The van der Waals surface area contributed by atoms with Gasteiger partial charge in [0.05, 0.1) is 24.4 Å². The van der Waals surface area contributed by atoms with E-state index in [9.17, 15) is 70.2 Å². The smallest absolute Gasteiger partial charge is 0.158 e. The van der Waals surface area contributed by atoms with Gasteiger partial charge in [-0.25, -0.2) is 70.2 Å². The van der Waals surface area contributed by atoms with Crippen molar-refractivity contribution in [2.24, 2.45) is 166 Å². The third kappa shape index (κ3) is 33.9. The summed E-state index contributed by atoms with van der Waals surface area (Å²) in [6, 6.07) is 0. The molecule has 0 aliphatic heterocycles. The minimum Gasteiger partial charge on any atom is -0.412 e. The molecular weight excluding hydrogens is 1870 g/mol. The van der Waals surface area contributed by atoms with E-state index in [0.717, 1.165) is 200 Å². The lowest BCUT2D eigenvalue weighted by Gasteiger charge is -2.45. The third-order valence-corrected chi connectivity index (χ3v) is 40.5. The fourth-order valence-corrected chi connectivity index (χ4v) is 30.7. The zero-order valence-corrected chi connectivity index (χ0v) is 88.9. The molecule has 15 saturated carbocycles. The van der Waals surface area contributed by atoms with Gasteiger partial charge in [-0.1, -0.05) is 143 Å². The number of ether oxygens (including phenoxy) is 4. The van der Waals surface area contributed by atoms with E-state index < -0.39 is 147 Å². The van der Waals surface area contributed by atoms with Crippen molar-refractivity contribution in [1.29, 1.82) is 0 Å². The maximum absolute atomic E-state index is 14.9. The first kappa shape index (κ1) is 132. The largest absolute Gasteiger partial charge is 0.412 e. The highest BCUT2D eigenvalue weighted by molar-refractivity contribution is 5.17. The van der Waals surface area contributed by atoms with E-state index in [1.807, 2.05) is 6.92 Å². The van der Waals surface area contributed by atoms with Crippen LogP contribution in [0.3, 0.4) is 0 Å². The van der Waals surface area contributed by atoms with Gasteiger partial charge in [-0.05, 0) is 411 Å². The van der Waals surface area contributed by atoms with Crippen molar-refractivity contribution < 1.29 is 143 Å². The zero-order valence-electron chi connectivity index (χ0n) is 88.9. The highest BCUT2D eigenvalue weighted by Crippen LogP contribution is 2.56. The fraction of sp³-hybridized carbons (Fsp3) is 0.965. The van der Waals surface area contributed by atoms with Crippen LogP contribution in [0.1, 0.15) is 386 Å². The van der Waals surface area contributed by atoms with Crippen molar-refractivity contribution in [2.75, 3.05) is 28.4 Å². The number of halogens is 16. The van der Waals surface area contributed by atoms with Gasteiger partial charge in [0, 0.05) is 50.3 Å². The number of hydrogen-bond donors (Lipinski definition) is 0. The average molecular weight is 2080 g/mol. The molecule has 34 unspecified atom stereocenters. The summed E-state index contributed by atoms with van der Waals surface area (Å²) in [5.41, 5.74) is 2.34. The molecule has 0 saturated heterocycles. The Morgan fingerprint density at radius 2 is 0.373 bits per heavy atom. The Morgan fingerprint density at radius 3 is 0.662 bits per heavy atom. The van der Waals surface area contributed by atoms with Gasteiger partial charge in [0.1, 0.15) is 74.1 Å². The van der Waals surface area contributed by atoms with E-state index in [1.54, 1.807) is 6.92 Å². The minimum atomic E-state index is -1.75. The Kier molecular flexibility index (Phi) is 59.1. The lowest BCUT2D eigenvalue weighted by atomic mass is 9.63. The second kappa shape index (κ2) is 63.5. The van der Waals surface area contributed by atoms with Crippen LogP contribution in [0.5, 0.6) is 0 Å². The molecule has 12 nitrogen and oxygen atoms in total. The number of allylic oxidation sites excluding steroid dienone is 4. The second-order valence-corrected chi connectivity index (χ2v) is 48.7. The molecule has 17 aliphatic rings. The minimum absolute atomic E-state index is 0. The monoisotopic (exact) mass is 2080 g/mol. The van der Waals surface area contributed by atoms with Crippen molar-refractivity contribution in [3.8, 4) is 0 Å². The molecular formula is C114H216F16O12. The summed E-state index contributed by atoms with van der Waals surface area (Å²) in [5, 5.41) is 0. The van der Waals surface area contributed by atoms with Gasteiger partial charge >= 0.3 is 0 Å². The molecule has 34 atom stereocenters. The van der Waals surface area contributed by atoms with Gasteiger partial charge in [0.15, 0.2) is 24.7 Å². The average Bonchev–Trinajstić information content (AvgIpc) is 0.793. The Balaban J connectivity index is -0.000000832. The van der Waals surface area contributed by atoms with Crippen LogP contribution < -0.4 is 0 Å². The molecule has 0 amide bonds. The van der Waals surface area contributed by atoms with Gasteiger partial charge < -0.3 is 62.8 Å². The van der Waals surface area contributed by atoms with Crippen molar-refractivity contribution in [1.82, 2.24) is 0 Å². The van der Waals surface area contributed by atoms with Crippen molar-refractivity contribution in [3.63, 3.8) is 0 Å². The predicted octanol–water partition coefficient (Wildman–Crippen LogP) is 28.5. The molecule has 17 rings (SSSR count). The van der Waals surface area contributed by atoms with Crippen molar-refractivity contribution >= 4 is 0 Å². The summed E-state index contributed by atoms with van der Waals surface area (Å²) in [5.74, 6) is 7.38. The summed E-state index contributed by atoms with van der Waals surface area (Å²) < 4.78 is 250. The van der Waals surface area contributed by atoms with Gasteiger partial charge in [-0.15, -0.1) is 0 Å². The number of rotatable bonds is 15. The lowest BCUT2D eigenvalue weighted by Crippen LogP contribution is -2.51. The zero-order chi connectivity index (χ0) is 96.5. The van der Waals surface area contributed by atoms with Crippen molar-refractivity contribution in [2.45, 2.75) is 500 Å². The molecule has 142 heavy (non-hydrogen) atoms. The molecule has 16 N–H and O–H groups in total. The molecule has 0 aromatic carbocycles. The first-order valence-corrected chi connectivity index (χ1v) is 56.0. The lowest BCUT2D eigenvalue weighted by molar-refractivity contribution is -0.0986. The summed E-state index contributed by atoms with van der Waals surface area (Å²) in [7, 11) is 5.82. The summed E-state index contributed by atoms with van der Waals surface area (Å²) in [6.45, 7) is 17.3. The molecule has 0 aromatic rings. The normalized spacial score (nSPS) is 46.6. The Morgan fingerprint density at radius 1 is 0.176 bits per heavy atom. The molecule has 0 heterocycles. The summed E-state index contributed by atoms with van der Waals surface area (Å²) >= 11 is 0. The van der Waals surface area contributed by atoms with E-state index >= 15 is 0 Å². The van der Waals surface area contributed by atoms with E-state index in [4.69, 9.17) is 18.9 Å². The summed E-state index contributed by atoms with van der Waals surface area (Å²) in [6.07, 6.45) is 29.3. The standard InChI is InChI=1S/C20H32F4O.C20H32F4.C20H34F2O.C20H32F2O.C20H34F2.C14H22F2O.8H2O.7H2/c1-11-3-5-12(6-4-11)13-7-8-14(18(22)17(13)21)15-9-10-16(25-2)20(24)19(15)23;1-11-3-6-13(7-4-11)14-9-10-16(20(24)18(14)22)15-8-5-12(2)17(21)19(15)23;2*1-13-3-5-14(6-4-13)15-7-9-16(10-8-15)17-11-12-18(23-2)20(22)19(17)21;1-13-3-6-15(7-4-13)16-8-10-17(11-9-16)18-12-5-14(2)19(21)20(18)22;1-9-3-5-10(6-4-9)11-7-8-12(17-2)14(16)13(11)15;;;;;;;;;;;;;;;/h11-20H,3-10H2,1-2H3;11-20H,3-10H2,1-2H3;13-20H,3-12H2,1-2H3;9,13-15,17-20H,3-8,10-12H2,1-2H3;13-20H,3-12H2,1-2H3;5,9,11-14H,3-4,6-8H2,1-2H3;8*1H2;7*1H. The predicted molar refractivity (Wildman–Crippen MR) is 555 cm³/mol. The van der Waals surface area contributed by atoms with Crippen LogP contribution in [0.2, 0.25) is 0 Å². The molecule has 0 spiro atoms. The molecule has 17 aliphatic carbocycles. The highest BCUT2D eigenvalue weighted by Gasteiger charge is 2.56. The molecule has 28 heteroatoms. The van der Waals surface area contributed by atoms with E-state index in [-0.39, 0.29) is 113 Å². The molecule has 0 radical (unpaired) electrons. The molecule has 0 bridgehead atoms. The van der Waals surface area contributed by atoms with Crippen LogP contribution in [0.15, 0.2) is 23.3 Å². The van der Waals surface area contributed by atoms with Gasteiger partial charge in [-0.3, -0.25) is 0 Å². The maximum Gasteiger partial charge on any atom is 0.158 e. The quantitative estimate of drug-likeness (QED) is 0.114.